The van der Waals surface area contributed by atoms with Crippen molar-refractivity contribution < 1.29 is 9.59 Å². The molecule has 2 N–H and O–H groups in total. The SMILES string of the molecule is Cc1cccc(C(=O)NCCC(=O)NN(c2ccccc2)c2ccccc2)c1. The normalized spacial score (nSPS) is 10.2. The molecular formula is C23H23N3O2. The number of hydrazine groups is 1. The molecule has 0 aromatic heterocycles. The summed E-state index contributed by atoms with van der Waals surface area (Å²) < 4.78 is 0. The van der Waals surface area contributed by atoms with Crippen LogP contribution >= 0.6 is 0 Å². The first kappa shape index (κ1) is 19.2. The Hall–Kier alpha value is -3.60. The molecule has 0 aliphatic carbocycles. The molecule has 0 radical (unpaired) electrons. The van der Waals surface area contributed by atoms with Crippen LogP contribution in [-0.4, -0.2) is 18.4 Å². The van der Waals surface area contributed by atoms with Crippen molar-refractivity contribution in [2.45, 2.75) is 13.3 Å². The molecule has 0 saturated carbocycles. The molecule has 5 heteroatoms. The van der Waals surface area contributed by atoms with Crippen molar-refractivity contribution in [1.29, 1.82) is 0 Å². The van der Waals surface area contributed by atoms with Crippen molar-refractivity contribution in [2.24, 2.45) is 0 Å². The van der Waals surface area contributed by atoms with Gasteiger partial charge in [-0.3, -0.25) is 20.0 Å². The monoisotopic (exact) mass is 373 g/mol. The number of nitrogens with zero attached hydrogens (tertiary/aromatic N) is 1. The van der Waals surface area contributed by atoms with Crippen molar-refractivity contribution in [1.82, 2.24) is 10.7 Å². The Kier molecular flexibility index (Phi) is 6.41. The molecule has 3 aromatic carbocycles. The number of hydrogen-bond donors (Lipinski definition) is 2. The van der Waals surface area contributed by atoms with E-state index in [9.17, 15) is 9.59 Å². The molecule has 0 bridgehead atoms. The number of benzene rings is 3. The molecule has 0 spiro atoms. The van der Waals surface area contributed by atoms with E-state index in [1.54, 1.807) is 11.1 Å². The van der Waals surface area contributed by atoms with Crippen LogP contribution in [0, 0.1) is 6.92 Å². The molecule has 0 aliphatic heterocycles. The standard InChI is InChI=1S/C23H23N3O2/c1-18-9-8-10-19(17-18)23(28)24-16-15-22(27)25-26(20-11-4-2-5-12-20)21-13-6-3-7-14-21/h2-14,17H,15-16H2,1H3,(H,24,28)(H,25,27). The summed E-state index contributed by atoms with van der Waals surface area (Å²) in [6, 6.07) is 26.6. The Labute approximate surface area is 165 Å². The number of para-hydroxylation sites is 2. The molecule has 28 heavy (non-hydrogen) atoms. The van der Waals surface area contributed by atoms with Gasteiger partial charge >= 0.3 is 0 Å². The summed E-state index contributed by atoms with van der Waals surface area (Å²) in [6.45, 7) is 2.20. The van der Waals surface area contributed by atoms with E-state index in [4.69, 9.17) is 0 Å². The Morgan fingerprint density at radius 1 is 0.821 bits per heavy atom. The summed E-state index contributed by atoms with van der Waals surface area (Å²) in [4.78, 5) is 24.7. The van der Waals surface area contributed by atoms with Gasteiger partial charge in [0.05, 0.1) is 11.4 Å². The third-order valence-corrected chi connectivity index (χ3v) is 4.18. The highest BCUT2D eigenvalue weighted by molar-refractivity contribution is 5.94. The van der Waals surface area contributed by atoms with Crippen LogP contribution < -0.4 is 15.8 Å². The number of anilines is 2. The fraction of sp³-hybridized carbons (Fsp3) is 0.130. The highest BCUT2D eigenvalue weighted by Crippen LogP contribution is 2.22. The second-order valence-electron chi connectivity index (χ2n) is 6.42. The van der Waals surface area contributed by atoms with E-state index < -0.39 is 0 Å². The number of amides is 2. The summed E-state index contributed by atoms with van der Waals surface area (Å²) in [5, 5.41) is 4.53. The topological polar surface area (TPSA) is 61.4 Å². The largest absolute Gasteiger partial charge is 0.352 e. The average Bonchev–Trinajstić information content (AvgIpc) is 2.73. The van der Waals surface area contributed by atoms with E-state index in [0.717, 1.165) is 16.9 Å². The smallest absolute Gasteiger partial charge is 0.251 e. The van der Waals surface area contributed by atoms with E-state index in [1.807, 2.05) is 85.8 Å². The number of rotatable bonds is 7. The van der Waals surface area contributed by atoms with E-state index in [0.29, 0.717) is 5.56 Å². The Morgan fingerprint density at radius 3 is 2.00 bits per heavy atom. The molecule has 0 heterocycles. The van der Waals surface area contributed by atoms with Crippen LogP contribution in [-0.2, 0) is 4.79 Å². The van der Waals surface area contributed by atoms with Gasteiger partial charge in [-0.25, -0.2) is 0 Å². The molecule has 0 unspecified atom stereocenters. The van der Waals surface area contributed by atoms with Gasteiger partial charge in [-0.05, 0) is 43.3 Å². The number of nitrogens with one attached hydrogen (secondary N) is 2. The maximum Gasteiger partial charge on any atom is 0.251 e. The predicted molar refractivity (Wildman–Crippen MR) is 111 cm³/mol. The molecule has 2 amide bonds. The summed E-state index contributed by atoms with van der Waals surface area (Å²) >= 11 is 0. The van der Waals surface area contributed by atoms with E-state index >= 15 is 0 Å². The van der Waals surface area contributed by atoms with E-state index in [-0.39, 0.29) is 24.8 Å². The van der Waals surface area contributed by atoms with Crippen molar-refractivity contribution in [2.75, 3.05) is 11.6 Å². The Morgan fingerprint density at radius 2 is 1.43 bits per heavy atom. The maximum atomic E-state index is 12.5. The lowest BCUT2D eigenvalue weighted by Crippen LogP contribution is -2.40. The van der Waals surface area contributed by atoms with Gasteiger partial charge in [-0.1, -0.05) is 54.1 Å². The van der Waals surface area contributed by atoms with Crippen molar-refractivity contribution in [3.05, 3.63) is 96.1 Å². The lowest BCUT2D eigenvalue weighted by molar-refractivity contribution is -0.120. The lowest BCUT2D eigenvalue weighted by atomic mass is 10.1. The minimum absolute atomic E-state index is 0.174. The minimum Gasteiger partial charge on any atom is -0.352 e. The van der Waals surface area contributed by atoms with Crippen LogP contribution in [0.1, 0.15) is 22.3 Å². The summed E-state index contributed by atoms with van der Waals surface area (Å²) in [5.74, 6) is -0.364. The molecule has 0 aliphatic rings. The Balaban J connectivity index is 1.59. The van der Waals surface area contributed by atoms with Gasteiger partial charge in [-0.2, -0.15) is 0 Å². The van der Waals surface area contributed by atoms with E-state index in [2.05, 4.69) is 10.7 Å². The fourth-order valence-electron chi connectivity index (χ4n) is 2.79. The summed E-state index contributed by atoms with van der Waals surface area (Å²) in [6.07, 6.45) is 0.174. The van der Waals surface area contributed by atoms with Crippen LogP contribution in [0.4, 0.5) is 11.4 Å². The van der Waals surface area contributed by atoms with Crippen LogP contribution in [0.3, 0.4) is 0 Å². The molecule has 0 fully saturated rings. The van der Waals surface area contributed by atoms with Gasteiger partial charge in [0.1, 0.15) is 0 Å². The zero-order valence-corrected chi connectivity index (χ0v) is 15.8. The van der Waals surface area contributed by atoms with E-state index in [1.165, 1.54) is 0 Å². The highest BCUT2D eigenvalue weighted by atomic mass is 16.2. The van der Waals surface area contributed by atoms with Crippen molar-refractivity contribution in [3.63, 3.8) is 0 Å². The van der Waals surface area contributed by atoms with Gasteiger partial charge in [0.25, 0.3) is 5.91 Å². The average molecular weight is 373 g/mol. The van der Waals surface area contributed by atoms with Gasteiger partial charge in [0.15, 0.2) is 0 Å². The molecule has 0 atom stereocenters. The molecular weight excluding hydrogens is 350 g/mol. The van der Waals surface area contributed by atoms with Crippen LogP contribution in [0.15, 0.2) is 84.9 Å². The Bertz CT molecular complexity index is 887. The van der Waals surface area contributed by atoms with Gasteiger partial charge in [0.2, 0.25) is 5.91 Å². The third kappa shape index (κ3) is 5.20. The maximum absolute atomic E-state index is 12.5. The second kappa shape index (κ2) is 9.37. The first-order chi connectivity index (χ1) is 13.6. The number of carbonyl (C=O) groups is 2. The highest BCUT2D eigenvalue weighted by Gasteiger charge is 2.13. The molecule has 0 saturated heterocycles. The fourth-order valence-corrected chi connectivity index (χ4v) is 2.79. The summed E-state index contributed by atoms with van der Waals surface area (Å²) in [5.41, 5.74) is 6.23. The first-order valence-electron chi connectivity index (χ1n) is 9.18. The van der Waals surface area contributed by atoms with Crippen LogP contribution in [0.25, 0.3) is 0 Å². The van der Waals surface area contributed by atoms with Gasteiger partial charge in [-0.15, -0.1) is 0 Å². The zero-order valence-electron chi connectivity index (χ0n) is 15.8. The van der Waals surface area contributed by atoms with Gasteiger partial charge < -0.3 is 5.32 Å². The van der Waals surface area contributed by atoms with Crippen LogP contribution in [0.5, 0.6) is 0 Å². The van der Waals surface area contributed by atoms with Crippen molar-refractivity contribution >= 4 is 23.2 Å². The zero-order chi connectivity index (χ0) is 19.8. The number of carbonyl (C=O) groups excluding carboxylic acids is 2. The van der Waals surface area contributed by atoms with Gasteiger partial charge in [0, 0.05) is 18.5 Å². The number of aryl methyl sites for hydroxylation is 1. The predicted octanol–water partition coefficient (Wildman–Crippen LogP) is 3.98. The molecule has 3 rings (SSSR count). The lowest BCUT2D eigenvalue weighted by Gasteiger charge is -2.25. The quantitative estimate of drug-likeness (QED) is 0.616. The third-order valence-electron chi connectivity index (χ3n) is 4.18. The minimum atomic E-state index is -0.183. The van der Waals surface area contributed by atoms with Crippen LogP contribution in [0.2, 0.25) is 0 Å². The summed E-state index contributed by atoms with van der Waals surface area (Å²) in [7, 11) is 0. The molecule has 3 aromatic rings. The molecule has 142 valence electrons. The van der Waals surface area contributed by atoms with Crippen molar-refractivity contribution in [3.8, 4) is 0 Å². The molecule has 5 nitrogen and oxygen atoms in total. The second-order valence-corrected chi connectivity index (χ2v) is 6.42. The number of hydrogen-bond acceptors (Lipinski definition) is 3. The first-order valence-corrected chi connectivity index (χ1v) is 9.18.